The van der Waals surface area contributed by atoms with Gasteiger partial charge in [0.15, 0.2) is 0 Å². The standard InChI is InChI=1S/C16H18FN3O2.C15H17N3O/c1-9(2)18-16(22)14-6-10-13(7-20(14)8-21)19-12-5-3-4-11(17)15(10)12;1-4-17-14-6-5-13(9-15(14)16-3)18-10-12-7-8-19-11(12)2/h3-5,8-9,14,19H,6-7H2,1-2H3,(H,18,22);4-9,18H,3,10H2,1-2H3. The van der Waals surface area contributed by atoms with Gasteiger partial charge in [0.1, 0.15) is 17.6 Å². The lowest BCUT2D eigenvalue weighted by Crippen LogP contribution is -2.51. The minimum absolute atomic E-state index is 0.0119. The maximum absolute atomic E-state index is 14.1. The van der Waals surface area contributed by atoms with Crippen LogP contribution in [0, 0.1) is 12.7 Å². The molecule has 0 spiro atoms. The number of hydrogen-bond donors (Lipinski definition) is 3. The number of furan rings is 1. The molecule has 0 aliphatic carbocycles. The number of carbonyl (C=O) groups excluding carboxylic acids is 2. The molecule has 0 radical (unpaired) electrons. The maximum Gasteiger partial charge on any atom is 0.243 e. The second-order valence-corrected chi connectivity index (χ2v) is 10.0. The fourth-order valence-electron chi connectivity index (χ4n) is 4.82. The SMILES string of the molecule is C=Nc1cc(NCc2ccoc2C)ccc1N=CC.CC(C)NC(=O)C1Cc2c([nH]c3cccc(F)c23)CN1C=O. The molecule has 214 valence electrons. The molecule has 2 amide bonds. The Morgan fingerprint density at radius 2 is 2.07 bits per heavy atom. The molecule has 1 aliphatic rings. The third kappa shape index (κ3) is 6.71. The van der Waals surface area contributed by atoms with Crippen molar-refractivity contribution >= 4 is 53.2 Å². The van der Waals surface area contributed by atoms with Gasteiger partial charge in [0, 0.05) is 53.1 Å². The van der Waals surface area contributed by atoms with E-state index in [4.69, 9.17) is 4.42 Å². The quantitative estimate of drug-likeness (QED) is 0.183. The molecule has 4 aromatic rings. The molecule has 2 aromatic carbocycles. The number of aliphatic imine (C=N–C) groups is 2. The zero-order valence-corrected chi connectivity index (χ0v) is 23.7. The Bertz CT molecular complexity index is 1570. The number of H-pyrrole nitrogens is 1. The predicted molar refractivity (Wildman–Crippen MR) is 161 cm³/mol. The minimum Gasteiger partial charge on any atom is -0.469 e. The van der Waals surface area contributed by atoms with Gasteiger partial charge >= 0.3 is 0 Å². The number of nitrogens with one attached hydrogen (secondary N) is 3. The van der Waals surface area contributed by atoms with Crippen LogP contribution in [0.2, 0.25) is 0 Å². The van der Waals surface area contributed by atoms with Crippen molar-refractivity contribution in [1.29, 1.82) is 0 Å². The summed E-state index contributed by atoms with van der Waals surface area (Å²) >= 11 is 0. The smallest absolute Gasteiger partial charge is 0.243 e. The summed E-state index contributed by atoms with van der Waals surface area (Å²) in [6.07, 6.45) is 4.43. The number of halogens is 1. The van der Waals surface area contributed by atoms with Crippen molar-refractivity contribution in [1.82, 2.24) is 15.2 Å². The largest absolute Gasteiger partial charge is 0.469 e. The number of aromatic nitrogens is 1. The van der Waals surface area contributed by atoms with Gasteiger partial charge in [-0.25, -0.2) is 4.39 Å². The van der Waals surface area contributed by atoms with Gasteiger partial charge in [0.05, 0.1) is 24.2 Å². The molecule has 1 aliphatic heterocycles. The van der Waals surface area contributed by atoms with Crippen molar-refractivity contribution in [2.45, 2.75) is 59.3 Å². The number of amides is 2. The van der Waals surface area contributed by atoms with Gasteiger partial charge in [-0.05, 0) is 76.4 Å². The number of aromatic amines is 1. The van der Waals surface area contributed by atoms with Crippen LogP contribution in [0.3, 0.4) is 0 Å². The Kier molecular flexibility index (Phi) is 9.34. The summed E-state index contributed by atoms with van der Waals surface area (Å²) in [7, 11) is 0. The topological polar surface area (TPSA) is 115 Å². The molecule has 1 atom stereocenters. The highest BCUT2D eigenvalue weighted by molar-refractivity contribution is 5.89. The number of aryl methyl sites for hydroxylation is 1. The molecular formula is C31H35FN6O3. The Hall–Kier alpha value is -4.73. The van der Waals surface area contributed by atoms with Crippen molar-refractivity contribution in [2.75, 3.05) is 5.32 Å². The van der Waals surface area contributed by atoms with E-state index in [-0.39, 0.29) is 24.3 Å². The molecule has 41 heavy (non-hydrogen) atoms. The fraction of sp³-hybridized carbons (Fsp3) is 0.290. The van der Waals surface area contributed by atoms with Crippen LogP contribution in [-0.2, 0) is 29.1 Å². The molecule has 0 fully saturated rings. The average molecular weight is 559 g/mol. The molecule has 0 saturated heterocycles. The molecule has 9 nitrogen and oxygen atoms in total. The van der Waals surface area contributed by atoms with Gasteiger partial charge in [-0.1, -0.05) is 6.07 Å². The van der Waals surface area contributed by atoms with Crippen LogP contribution in [0.25, 0.3) is 10.9 Å². The summed E-state index contributed by atoms with van der Waals surface area (Å²) in [5.41, 5.74) is 5.99. The number of nitrogens with zero attached hydrogens (tertiary/aromatic N) is 3. The Balaban J connectivity index is 0.000000191. The summed E-state index contributed by atoms with van der Waals surface area (Å²) in [4.78, 5) is 36.5. The van der Waals surface area contributed by atoms with Crippen LogP contribution < -0.4 is 10.6 Å². The van der Waals surface area contributed by atoms with Crippen LogP contribution in [0.15, 0.2) is 63.1 Å². The second-order valence-electron chi connectivity index (χ2n) is 10.0. The van der Waals surface area contributed by atoms with E-state index in [2.05, 4.69) is 32.3 Å². The highest BCUT2D eigenvalue weighted by Gasteiger charge is 2.33. The molecule has 0 saturated carbocycles. The van der Waals surface area contributed by atoms with Crippen molar-refractivity contribution in [3.8, 4) is 0 Å². The van der Waals surface area contributed by atoms with Crippen LogP contribution >= 0.6 is 0 Å². The van der Waals surface area contributed by atoms with Crippen molar-refractivity contribution in [3.05, 3.63) is 77.1 Å². The van der Waals surface area contributed by atoms with E-state index in [9.17, 15) is 14.0 Å². The molecule has 0 bridgehead atoms. The van der Waals surface area contributed by atoms with Crippen LogP contribution in [0.5, 0.6) is 0 Å². The lowest BCUT2D eigenvalue weighted by molar-refractivity contribution is -0.134. The van der Waals surface area contributed by atoms with E-state index in [0.717, 1.165) is 46.2 Å². The maximum atomic E-state index is 14.1. The van der Waals surface area contributed by atoms with Crippen LogP contribution in [0.4, 0.5) is 21.5 Å². The van der Waals surface area contributed by atoms with E-state index < -0.39 is 6.04 Å². The lowest BCUT2D eigenvalue weighted by atomic mass is 9.96. The number of rotatable bonds is 8. The third-order valence-electron chi connectivity index (χ3n) is 6.84. The average Bonchev–Trinajstić information content (AvgIpc) is 3.54. The van der Waals surface area contributed by atoms with E-state index in [1.165, 1.54) is 11.0 Å². The van der Waals surface area contributed by atoms with Gasteiger partial charge in [-0.15, -0.1) is 0 Å². The zero-order valence-electron chi connectivity index (χ0n) is 23.7. The molecule has 5 rings (SSSR count). The fourth-order valence-corrected chi connectivity index (χ4v) is 4.82. The molecule has 3 N–H and O–H groups in total. The van der Waals surface area contributed by atoms with Crippen LogP contribution in [0.1, 0.15) is 43.4 Å². The Morgan fingerprint density at radius 1 is 1.27 bits per heavy atom. The number of fused-ring (bicyclic) bond motifs is 3. The molecule has 3 heterocycles. The van der Waals surface area contributed by atoms with Gasteiger partial charge in [0.2, 0.25) is 12.3 Å². The normalized spacial score (nSPS) is 14.5. The molecule has 1 unspecified atom stereocenters. The van der Waals surface area contributed by atoms with E-state index in [1.807, 2.05) is 52.0 Å². The van der Waals surface area contributed by atoms with Crippen molar-refractivity contribution in [2.24, 2.45) is 9.98 Å². The van der Waals surface area contributed by atoms with Crippen molar-refractivity contribution < 1.29 is 18.4 Å². The number of hydrogen-bond acceptors (Lipinski definition) is 6. The predicted octanol–water partition coefficient (Wildman–Crippen LogP) is 5.97. The monoisotopic (exact) mass is 558 g/mol. The number of benzene rings is 2. The van der Waals surface area contributed by atoms with Gasteiger partial charge in [-0.3, -0.25) is 19.6 Å². The van der Waals surface area contributed by atoms with Gasteiger partial charge < -0.3 is 24.9 Å². The van der Waals surface area contributed by atoms with E-state index in [0.29, 0.717) is 23.7 Å². The molecular weight excluding hydrogens is 523 g/mol. The highest BCUT2D eigenvalue weighted by atomic mass is 19.1. The zero-order chi connectivity index (χ0) is 29.5. The van der Waals surface area contributed by atoms with Gasteiger partial charge in [0.25, 0.3) is 0 Å². The Labute approximate surface area is 238 Å². The van der Waals surface area contributed by atoms with Crippen molar-refractivity contribution in [3.63, 3.8) is 0 Å². The third-order valence-corrected chi connectivity index (χ3v) is 6.84. The summed E-state index contributed by atoms with van der Waals surface area (Å²) in [5.74, 6) is 0.415. The lowest BCUT2D eigenvalue weighted by Gasteiger charge is -2.32. The van der Waals surface area contributed by atoms with Gasteiger partial charge in [-0.2, -0.15) is 0 Å². The van der Waals surface area contributed by atoms with E-state index in [1.54, 1.807) is 24.6 Å². The first-order valence-electron chi connectivity index (χ1n) is 13.4. The first-order valence-corrected chi connectivity index (χ1v) is 13.4. The highest BCUT2D eigenvalue weighted by Crippen LogP contribution is 2.32. The summed E-state index contributed by atoms with van der Waals surface area (Å²) in [6.45, 7) is 12.1. The first-order chi connectivity index (χ1) is 19.7. The van der Waals surface area contributed by atoms with Crippen LogP contribution in [-0.4, -0.2) is 47.2 Å². The minimum atomic E-state index is -0.606. The summed E-state index contributed by atoms with van der Waals surface area (Å²) in [5, 5.41) is 6.67. The molecule has 2 aromatic heterocycles. The summed E-state index contributed by atoms with van der Waals surface area (Å²) in [6, 6.07) is 12.0. The molecule has 10 heteroatoms. The summed E-state index contributed by atoms with van der Waals surface area (Å²) < 4.78 is 19.4. The Morgan fingerprint density at radius 3 is 2.73 bits per heavy atom. The second kappa shape index (κ2) is 13.1. The first kappa shape index (κ1) is 29.3. The number of anilines is 1. The van der Waals surface area contributed by atoms with E-state index >= 15 is 0 Å². The number of carbonyl (C=O) groups is 2.